The zero-order valence-electron chi connectivity index (χ0n) is 15.5. The largest absolute Gasteiger partial charge is 0.353 e. The summed E-state index contributed by atoms with van der Waals surface area (Å²) in [5.41, 5.74) is 2.17. The van der Waals surface area contributed by atoms with Crippen molar-refractivity contribution in [1.29, 1.82) is 0 Å². The Morgan fingerprint density at radius 3 is 2.32 bits per heavy atom. The number of rotatable bonds is 4. The normalized spacial score (nSPS) is 16.4. The van der Waals surface area contributed by atoms with Crippen LogP contribution in [0.3, 0.4) is 0 Å². The van der Waals surface area contributed by atoms with Crippen LogP contribution in [0.15, 0.2) is 30.7 Å². The summed E-state index contributed by atoms with van der Waals surface area (Å²) in [4.78, 5) is 20.2. The summed E-state index contributed by atoms with van der Waals surface area (Å²) >= 11 is 0. The lowest BCUT2D eigenvalue weighted by Crippen LogP contribution is -2.48. The number of carbonyl (C=O) groups excluding carboxylic acids is 1. The van der Waals surface area contributed by atoms with Gasteiger partial charge in [-0.2, -0.15) is 5.10 Å². The molecule has 6 nitrogen and oxygen atoms in total. The SMILES string of the molecule is CC(=O)N1CCN(c2ccc(-c3cnn(C(C)C(C)C)c3)cn2)CC1. The third-order valence-electron chi connectivity index (χ3n) is 5.11. The van der Waals surface area contributed by atoms with Crippen molar-refractivity contribution < 1.29 is 4.79 Å². The molecule has 1 atom stereocenters. The predicted octanol–water partition coefficient (Wildman–Crippen LogP) is 2.83. The molecule has 1 aliphatic heterocycles. The fourth-order valence-electron chi connectivity index (χ4n) is 3.01. The zero-order chi connectivity index (χ0) is 18.0. The third kappa shape index (κ3) is 3.83. The van der Waals surface area contributed by atoms with E-state index in [0.717, 1.165) is 43.1 Å². The Morgan fingerprint density at radius 1 is 1.04 bits per heavy atom. The minimum absolute atomic E-state index is 0.149. The Morgan fingerprint density at radius 2 is 1.76 bits per heavy atom. The van der Waals surface area contributed by atoms with E-state index in [4.69, 9.17) is 0 Å². The van der Waals surface area contributed by atoms with Crippen molar-refractivity contribution in [3.05, 3.63) is 30.7 Å². The van der Waals surface area contributed by atoms with Gasteiger partial charge in [-0.3, -0.25) is 9.48 Å². The molecule has 2 aromatic rings. The van der Waals surface area contributed by atoms with Gasteiger partial charge in [0.2, 0.25) is 5.91 Å². The molecule has 0 saturated carbocycles. The minimum atomic E-state index is 0.149. The van der Waals surface area contributed by atoms with Crippen LogP contribution >= 0.6 is 0 Å². The second-order valence-corrected chi connectivity index (χ2v) is 7.09. The number of hydrogen-bond donors (Lipinski definition) is 0. The quantitative estimate of drug-likeness (QED) is 0.858. The molecule has 0 bridgehead atoms. The number of anilines is 1. The molecule has 1 fully saturated rings. The molecule has 3 rings (SSSR count). The van der Waals surface area contributed by atoms with E-state index in [-0.39, 0.29) is 5.91 Å². The smallest absolute Gasteiger partial charge is 0.219 e. The fraction of sp³-hybridized carbons (Fsp3) is 0.526. The number of carbonyl (C=O) groups is 1. The van der Waals surface area contributed by atoms with E-state index in [9.17, 15) is 4.79 Å². The van der Waals surface area contributed by atoms with E-state index in [2.05, 4.69) is 54.1 Å². The highest BCUT2D eigenvalue weighted by molar-refractivity contribution is 5.73. The molecule has 0 spiro atoms. The van der Waals surface area contributed by atoms with Gasteiger partial charge in [-0.15, -0.1) is 0 Å². The molecule has 1 unspecified atom stereocenters. The maximum atomic E-state index is 11.4. The number of amides is 1. The molecule has 0 aliphatic carbocycles. The van der Waals surface area contributed by atoms with Crippen molar-refractivity contribution in [3.8, 4) is 11.1 Å². The monoisotopic (exact) mass is 341 g/mol. The van der Waals surface area contributed by atoms with Gasteiger partial charge >= 0.3 is 0 Å². The summed E-state index contributed by atoms with van der Waals surface area (Å²) in [7, 11) is 0. The molecule has 2 aromatic heterocycles. The van der Waals surface area contributed by atoms with Crippen molar-refractivity contribution in [2.45, 2.75) is 33.7 Å². The van der Waals surface area contributed by atoms with Crippen LogP contribution in [-0.2, 0) is 4.79 Å². The molecule has 1 aliphatic rings. The van der Waals surface area contributed by atoms with Gasteiger partial charge in [0, 0.05) is 56.6 Å². The second-order valence-electron chi connectivity index (χ2n) is 7.09. The average molecular weight is 341 g/mol. The first-order chi connectivity index (χ1) is 12.0. The predicted molar refractivity (Wildman–Crippen MR) is 99.5 cm³/mol. The van der Waals surface area contributed by atoms with E-state index >= 15 is 0 Å². The standard InChI is InChI=1S/C19H27N5O/c1-14(2)15(3)24-13-18(12-21-24)17-5-6-19(20-11-17)23-9-7-22(8-10-23)16(4)25/h5-6,11-15H,7-10H2,1-4H3. The Kier molecular flexibility index (Phi) is 5.06. The van der Waals surface area contributed by atoms with Crippen LogP contribution in [0.2, 0.25) is 0 Å². The molecule has 1 amide bonds. The highest BCUT2D eigenvalue weighted by Crippen LogP contribution is 2.24. The summed E-state index contributed by atoms with van der Waals surface area (Å²) in [5.74, 6) is 1.66. The van der Waals surface area contributed by atoms with Crippen molar-refractivity contribution in [3.63, 3.8) is 0 Å². The molecule has 1 saturated heterocycles. The van der Waals surface area contributed by atoms with Crippen LogP contribution in [0.5, 0.6) is 0 Å². The summed E-state index contributed by atoms with van der Waals surface area (Å²) in [6.07, 6.45) is 5.91. The fourth-order valence-corrected chi connectivity index (χ4v) is 3.01. The van der Waals surface area contributed by atoms with E-state index in [0.29, 0.717) is 12.0 Å². The Hall–Kier alpha value is -2.37. The summed E-state index contributed by atoms with van der Waals surface area (Å²) in [6, 6.07) is 4.53. The van der Waals surface area contributed by atoms with E-state index in [1.54, 1.807) is 6.92 Å². The highest BCUT2D eigenvalue weighted by Gasteiger charge is 2.19. The van der Waals surface area contributed by atoms with Crippen molar-refractivity contribution in [1.82, 2.24) is 19.7 Å². The van der Waals surface area contributed by atoms with Crippen LogP contribution in [0, 0.1) is 5.92 Å². The summed E-state index contributed by atoms with van der Waals surface area (Å²) in [6.45, 7) is 11.4. The molecule has 3 heterocycles. The maximum Gasteiger partial charge on any atom is 0.219 e. The Bertz CT molecular complexity index is 714. The second kappa shape index (κ2) is 7.25. The third-order valence-corrected chi connectivity index (χ3v) is 5.11. The molecule has 0 radical (unpaired) electrons. The van der Waals surface area contributed by atoms with Crippen LogP contribution in [0.25, 0.3) is 11.1 Å². The van der Waals surface area contributed by atoms with Gasteiger partial charge < -0.3 is 9.80 Å². The van der Waals surface area contributed by atoms with Crippen LogP contribution < -0.4 is 4.90 Å². The number of hydrogen-bond acceptors (Lipinski definition) is 4. The number of pyridine rings is 1. The van der Waals surface area contributed by atoms with Gasteiger partial charge in [-0.1, -0.05) is 13.8 Å². The van der Waals surface area contributed by atoms with Gasteiger partial charge in [0.05, 0.1) is 12.2 Å². The molecular formula is C19H27N5O. The molecule has 0 aromatic carbocycles. The van der Waals surface area contributed by atoms with Crippen LogP contribution in [0.1, 0.15) is 33.7 Å². The van der Waals surface area contributed by atoms with E-state index in [1.165, 1.54) is 0 Å². The topological polar surface area (TPSA) is 54.3 Å². The van der Waals surface area contributed by atoms with Gasteiger partial charge in [0.1, 0.15) is 5.82 Å². The Labute approximate surface area is 149 Å². The van der Waals surface area contributed by atoms with Gasteiger partial charge in [-0.25, -0.2) is 4.98 Å². The number of piperazine rings is 1. The van der Waals surface area contributed by atoms with Crippen LogP contribution in [0.4, 0.5) is 5.82 Å². The van der Waals surface area contributed by atoms with Crippen LogP contribution in [-0.4, -0.2) is 51.8 Å². The zero-order valence-corrected chi connectivity index (χ0v) is 15.5. The minimum Gasteiger partial charge on any atom is -0.353 e. The van der Waals surface area contributed by atoms with E-state index < -0.39 is 0 Å². The molecular weight excluding hydrogens is 314 g/mol. The Balaban J connectivity index is 1.68. The highest BCUT2D eigenvalue weighted by atomic mass is 16.2. The molecule has 0 N–H and O–H groups in total. The summed E-state index contributed by atoms with van der Waals surface area (Å²) < 4.78 is 2.02. The first-order valence-corrected chi connectivity index (χ1v) is 8.96. The molecule has 6 heteroatoms. The van der Waals surface area contributed by atoms with Gasteiger partial charge in [0.15, 0.2) is 0 Å². The molecule has 134 valence electrons. The van der Waals surface area contributed by atoms with Crippen molar-refractivity contribution in [2.75, 3.05) is 31.1 Å². The summed E-state index contributed by atoms with van der Waals surface area (Å²) in [5, 5.41) is 4.49. The lowest BCUT2D eigenvalue weighted by atomic mass is 10.1. The first kappa shape index (κ1) is 17.5. The first-order valence-electron chi connectivity index (χ1n) is 8.96. The van der Waals surface area contributed by atoms with Gasteiger partial charge in [-0.05, 0) is 25.0 Å². The van der Waals surface area contributed by atoms with E-state index in [1.807, 2.05) is 22.0 Å². The number of nitrogens with zero attached hydrogens (tertiary/aromatic N) is 5. The van der Waals surface area contributed by atoms with Crippen molar-refractivity contribution in [2.24, 2.45) is 5.92 Å². The average Bonchev–Trinajstić information content (AvgIpc) is 3.11. The molecule has 25 heavy (non-hydrogen) atoms. The maximum absolute atomic E-state index is 11.4. The van der Waals surface area contributed by atoms with Crippen molar-refractivity contribution >= 4 is 11.7 Å². The van der Waals surface area contributed by atoms with Gasteiger partial charge in [0.25, 0.3) is 0 Å². The lowest BCUT2D eigenvalue weighted by Gasteiger charge is -2.34. The number of aromatic nitrogens is 3. The lowest BCUT2D eigenvalue weighted by molar-refractivity contribution is -0.129.